The summed E-state index contributed by atoms with van der Waals surface area (Å²) in [4.78, 5) is 25.9. The van der Waals surface area contributed by atoms with Crippen LogP contribution in [0.5, 0.6) is 0 Å². The van der Waals surface area contributed by atoms with Crippen LogP contribution in [0, 0.1) is 5.92 Å². The zero-order valence-corrected chi connectivity index (χ0v) is 21.3. The van der Waals surface area contributed by atoms with Crippen LogP contribution in [0.1, 0.15) is 34.1 Å². The van der Waals surface area contributed by atoms with Crippen LogP contribution in [0.4, 0.5) is 0 Å². The predicted octanol–water partition coefficient (Wildman–Crippen LogP) is 4.69. The number of thioether (sulfide) groups is 1. The minimum absolute atomic E-state index is 0.0112. The molecule has 27 heavy (non-hydrogen) atoms. The van der Waals surface area contributed by atoms with Crippen LogP contribution in [-0.4, -0.2) is 56.5 Å². The number of rotatable bonds is 7. The number of carbonyl (C=O) groups is 2. The van der Waals surface area contributed by atoms with E-state index in [-0.39, 0.29) is 34.8 Å². The lowest BCUT2D eigenvalue weighted by Gasteiger charge is -2.56. The maximum Gasteiger partial charge on any atom is 0.222 e. The van der Waals surface area contributed by atoms with Gasteiger partial charge in [0, 0.05) is 29.5 Å². The van der Waals surface area contributed by atoms with Crippen molar-refractivity contribution in [2.75, 3.05) is 11.5 Å². The topological polar surface area (TPSA) is 46.6 Å². The molecule has 2 aliphatic heterocycles. The first-order valence-electron chi connectivity index (χ1n) is 9.98. The molecule has 1 saturated heterocycles. The van der Waals surface area contributed by atoms with Gasteiger partial charge in [-0.15, -0.1) is 0 Å². The number of β-lactam (4-membered cyclic amide) rings is 1. The van der Waals surface area contributed by atoms with E-state index in [4.69, 9.17) is 4.43 Å². The van der Waals surface area contributed by atoms with E-state index in [2.05, 4.69) is 59.6 Å². The smallest absolute Gasteiger partial charge is 0.222 e. The van der Waals surface area contributed by atoms with Crippen molar-refractivity contribution in [3.8, 4) is 0 Å². The number of hydrogen-bond acceptors (Lipinski definition) is 4. The molecule has 0 aromatic rings. The summed E-state index contributed by atoms with van der Waals surface area (Å²) in [5.41, 5.74) is 0.937. The third-order valence-electron chi connectivity index (χ3n) is 6.24. The maximum absolute atomic E-state index is 13.1. The molecule has 0 unspecified atom stereocenters. The SMILES string of the molecule is C[C@@H](O[Si](C)(C)C(C)(C)C)[C@H]1C(=O)N([Si](C)(C)C)[C@@H]1CC(=O)C1=CCSC1. The van der Waals surface area contributed by atoms with Crippen LogP contribution in [0.2, 0.25) is 37.8 Å². The molecule has 2 aliphatic rings. The van der Waals surface area contributed by atoms with Crippen molar-refractivity contribution in [1.29, 1.82) is 0 Å². The van der Waals surface area contributed by atoms with Crippen molar-refractivity contribution in [3.63, 3.8) is 0 Å². The largest absolute Gasteiger partial charge is 0.413 e. The Balaban J connectivity index is 2.20. The Kier molecular flexibility index (Phi) is 6.62. The second-order valence-electron chi connectivity index (χ2n) is 10.4. The fourth-order valence-corrected chi connectivity index (χ4v) is 8.17. The standard InChI is InChI=1S/C20H37NO3SSi2/c1-14(24-27(8,9)20(2,3)4)18-16(21(19(18)23)26(5,6)7)12-17(22)15-10-11-25-13-15/h10,14,16,18H,11-13H2,1-9H3/t14-,16-,18-/m1/s1. The van der Waals surface area contributed by atoms with E-state index >= 15 is 0 Å². The number of carbonyl (C=O) groups excluding carboxylic acids is 2. The minimum Gasteiger partial charge on any atom is -0.413 e. The van der Waals surface area contributed by atoms with E-state index in [0.29, 0.717) is 6.42 Å². The Morgan fingerprint density at radius 2 is 1.89 bits per heavy atom. The second kappa shape index (κ2) is 7.80. The Bertz CT molecular complexity index is 634. The normalized spacial score (nSPS) is 25.3. The van der Waals surface area contributed by atoms with Crippen molar-refractivity contribution in [1.82, 2.24) is 4.57 Å². The van der Waals surface area contributed by atoms with E-state index < -0.39 is 16.6 Å². The highest BCUT2D eigenvalue weighted by Crippen LogP contribution is 2.42. The van der Waals surface area contributed by atoms with Gasteiger partial charge in [-0.25, -0.2) is 0 Å². The summed E-state index contributed by atoms with van der Waals surface area (Å²) in [5, 5.41) is 0.101. The van der Waals surface area contributed by atoms with Gasteiger partial charge in [-0.1, -0.05) is 46.5 Å². The van der Waals surface area contributed by atoms with Crippen molar-refractivity contribution in [2.24, 2.45) is 5.92 Å². The zero-order chi connectivity index (χ0) is 20.8. The molecule has 0 aromatic carbocycles. The molecule has 1 amide bonds. The third-order valence-corrected chi connectivity index (χ3v) is 13.7. The van der Waals surface area contributed by atoms with Gasteiger partial charge in [-0.2, -0.15) is 11.8 Å². The van der Waals surface area contributed by atoms with E-state index in [0.717, 1.165) is 17.1 Å². The van der Waals surface area contributed by atoms with Gasteiger partial charge in [-0.3, -0.25) is 9.59 Å². The van der Waals surface area contributed by atoms with Crippen molar-refractivity contribution < 1.29 is 14.0 Å². The summed E-state index contributed by atoms with van der Waals surface area (Å²) < 4.78 is 8.60. The molecular formula is C20H37NO3SSi2. The van der Waals surface area contributed by atoms with E-state index in [1.54, 1.807) is 11.8 Å². The lowest BCUT2D eigenvalue weighted by atomic mass is 9.82. The molecule has 7 heteroatoms. The summed E-state index contributed by atoms with van der Waals surface area (Å²) in [5.74, 6) is 1.95. The summed E-state index contributed by atoms with van der Waals surface area (Å²) >= 11 is 1.78. The van der Waals surface area contributed by atoms with Gasteiger partial charge in [0.2, 0.25) is 5.91 Å². The van der Waals surface area contributed by atoms with Crippen molar-refractivity contribution in [2.45, 2.75) is 84.0 Å². The molecule has 2 rings (SSSR count). The highest BCUT2D eigenvalue weighted by molar-refractivity contribution is 7.99. The quantitative estimate of drug-likeness (QED) is 0.437. The lowest BCUT2D eigenvalue weighted by molar-refractivity contribution is -0.154. The average molecular weight is 428 g/mol. The Hall–Kier alpha value is -0.376. The van der Waals surface area contributed by atoms with Crippen LogP contribution in [0.25, 0.3) is 0 Å². The minimum atomic E-state index is -1.96. The summed E-state index contributed by atoms with van der Waals surface area (Å²) in [6, 6.07) is -0.0112. The molecule has 0 aromatic heterocycles. The summed E-state index contributed by atoms with van der Waals surface area (Å²) in [6.45, 7) is 19.7. The predicted molar refractivity (Wildman–Crippen MR) is 120 cm³/mol. The molecular weight excluding hydrogens is 390 g/mol. The molecule has 4 nitrogen and oxygen atoms in total. The fourth-order valence-electron chi connectivity index (χ4n) is 3.74. The molecule has 3 atom stereocenters. The first-order valence-corrected chi connectivity index (χ1v) is 17.5. The van der Waals surface area contributed by atoms with Gasteiger partial charge in [0.15, 0.2) is 22.3 Å². The first kappa shape index (κ1) is 22.9. The number of amides is 1. The molecule has 0 spiro atoms. The lowest BCUT2D eigenvalue weighted by Crippen LogP contribution is -2.72. The van der Waals surface area contributed by atoms with Crippen LogP contribution >= 0.6 is 11.8 Å². The summed E-state index contributed by atoms with van der Waals surface area (Å²) in [6.07, 6.45) is 2.35. The van der Waals surface area contributed by atoms with Crippen molar-refractivity contribution >= 4 is 40.0 Å². The molecule has 0 bridgehead atoms. The van der Waals surface area contributed by atoms with Crippen molar-refractivity contribution in [3.05, 3.63) is 11.6 Å². The highest BCUT2D eigenvalue weighted by atomic mass is 32.2. The molecule has 0 N–H and O–H groups in total. The third kappa shape index (κ3) is 4.79. The van der Waals surface area contributed by atoms with Crippen LogP contribution in [0.15, 0.2) is 11.6 Å². The number of Topliss-reactive ketones (excluding diaryl/α,β-unsaturated/α-hetero) is 1. The van der Waals surface area contributed by atoms with Gasteiger partial charge < -0.3 is 8.99 Å². The molecule has 0 saturated carbocycles. The van der Waals surface area contributed by atoms with Crippen LogP contribution < -0.4 is 0 Å². The van der Waals surface area contributed by atoms with Gasteiger partial charge in [-0.05, 0) is 25.1 Å². The van der Waals surface area contributed by atoms with Gasteiger partial charge in [0.05, 0.1) is 12.0 Å². The monoisotopic (exact) mass is 427 g/mol. The number of nitrogens with zero attached hydrogens (tertiary/aromatic N) is 1. The van der Waals surface area contributed by atoms with E-state index in [1.165, 1.54) is 0 Å². The van der Waals surface area contributed by atoms with Crippen LogP contribution in [-0.2, 0) is 14.0 Å². The average Bonchev–Trinajstić information content (AvgIpc) is 2.96. The molecule has 2 heterocycles. The number of ketones is 1. The Labute approximate surface area is 171 Å². The summed E-state index contributed by atoms with van der Waals surface area (Å²) in [7, 11) is -3.79. The molecule has 154 valence electrons. The Morgan fingerprint density at radius 3 is 2.33 bits per heavy atom. The number of hydrogen-bond donors (Lipinski definition) is 0. The van der Waals surface area contributed by atoms with Gasteiger partial charge in [0.25, 0.3) is 0 Å². The van der Waals surface area contributed by atoms with Gasteiger partial charge in [0.1, 0.15) is 0 Å². The Morgan fingerprint density at radius 1 is 1.30 bits per heavy atom. The van der Waals surface area contributed by atoms with E-state index in [9.17, 15) is 9.59 Å². The zero-order valence-electron chi connectivity index (χ0n) is 18.5. The second-order valence-corrected chi connectivity index (χ2v) is 21.0. The molecule has 0 radical (unpaired) electrons. The van der Waals surface area contributed by atoms with Gasteiger partial charge >= 0.3 is 0 Å². The fraction of sp³-hybridized carbons (Fsp3) is 0.800. The first-order chi connectivity index (χ1) is 12.2. The molecule has 1 fully saturated rings. The highest BCUT2D eigenvalue weighted by Gasteiger charge is 2.56. The molecule has 0 aliphatic carbocycles. The maximum atomic E-state index is 13.1. The van der Waals surface area contributed by atoms with Crippen LogP contribution in [0.3, 0.4) is 0 Å². The van der Waals surface area contributed by atoms with E-state index in [1.807, 2.05) is 11.5 Å².